The Labute approximate surface area is 141 Å². The minimum Gasteiger partial charge on any atom is -0.462 e. The molecule has 3 heteroatoms. The van der Waals surface area contributed by atoms with Gasteiger partial charge in [0.15, 0.2) is 5.58 Å². The molecule has 3 heterocycles. The fourth-order valence-corrected chi connectivity index (χ4v) is 3.18. The molecule has 0 radical (unpaired) electrons. The zero-order valence-corrected chi connectivity index (χ0v) is 14.2. The van der Waals surface area contributed by atoms with E-state index < -0.39 is 0 Å². The fourth-order valence-electron chi connectivity index (χ4n) is 3.18. The van der Waals surface area contributed by atoms with Gasteiger partial charge in [0.05, 0.1) is 12.0 Å². The first-order chi connectivity index (χ1) is 11.6. The van der Waals surface area contributed by atoms with Crippen molar-refractivity contribution in [1.29, 1.82) is 0 Å². The number of aryl methyl sites for hydroxylation is 1. The number of pyridine rings is 2. The molecule has 4 aromatic rings. The Morgan fingerprint density at radius 2 is 1.96 bits per heavy atom. The Bertz CT molecular complexity index is 1030. The molecule has 0 aliphatic rings. The molecule has 0 N–H and O–H groups in total. The third-order valence-corrected chi connectivity index (χ3v) is 4.26. The van der Waals surface area contributed by atoms with Gasteiger partial charge in [-0.05, 0) is 55.2 Å². The van der Waals surface area contributed by atoms with Crippen LogP contribution in [0, 0.1) is 12.8 Å². The molecular weight excluding hydrogens is 296 g/mol. The van der Waals surface area contributed by atoms with Crippen molar-refractivity contribution in [3.8, 4) is 11.3 Å². The highest BCUT2D eigenvalue weighted by Crippen LogP contribution is 2.34. The molecule has 0 saturated carbocycles. The third kappa shape index (κ3) is 2.56. The lowest BCUT2D eigenvalue weighted by Crippen LogP contribution is -1.98. The van der Waals surface area contributed by atoms with Crippen molar-refractivity contribution < 1.29 is 4.42 Å². The van der Waals surface area contributed by atoms with Gasteiger partial charge in [-0.2, -0.15) is 0 Å². The summed E-state index contributed by atoms with van der Waals surface area (Å²) in [6, 6.07) is 12.5. The molecule has 1 aromatic carbocycles. The summed E-state index contributed by atoms with van der Waals surface area (Å²) in [5.41, 5.74) is 6.16. The molecule has 0 bridgehead atoms. The van der Waals surface area contributed by atoms with Crippen LogP contribution in [0.2, 0.25) is 0 Å². The summed E-state index contributed by atoms with van der Waals surface area (Å²) in [6.45, 7) is 6.51. The molecular formula is C21H20N2O. The van der Waals surface area contributed by atoms with E-state index in [1.807, 2.05) is 18.3 Å². The summed E-state index contributed by atoms with van der Waals surface area (Å²) < 4.78 is 5.72. The molecule has 120 valence electrons. The van der Waals surface area contributed by atoms with E-state index in [2.05, 4.69) is 50.0 Å². The second-order valence-electron chi connectivity index (χ2n) is 6.78. The molecule has 0 amide bonds. The van der Waals surface area contributed by atoms with Crippen LogP contribution in [0.25, 0.3) is 33.1 Å². The highest BCUT2D eigenvalue weighted by Gasteiger charge is 2.14. The van der Waals surface area contributed by atoms with Gasteiger partial charge >= 0.3 is 0 Å². The van der Waals surface area contributed by atoms with Gasteiger partial charge in [-0.3, -0.25) is 4.98 Å². The number of hydrogen-bond donors (Lipinski definition) is 0. The number of hydrogen-bond acceptors (Lipinski definition) is 3. The van der Waals surface area contributed by atoms with Crippen molar-refractivity contribution in [1.82, 2.24) is 9.97 Å². The largest absolute Gasteiger partial charge is 0.462 e. The van der Waals surface area contributed by atoms with E-state index in [0.29, 0.717) is 5.92 Å². The second-order valence-corrected chi connectivity index (χ2v) is 6.78. The molecule has 0 atom stereocenters. The Morgan fingerprint density at radius 1 is 1.08 bits per heavy atom. The molecule has 0 unspecified atom stereocenters. The topological polar surface area (TPSA) is 38.9 Å². The molecule has 24 heavy (non-hydrogen) atoms. The SMILES string of the molecule is Cc1ccnc(-c2cc3ccoc3c3nc(CC(C)C)ccc23)c1. The molecule has 3 aromatic heterocycles. The summed E-state index contributed by atoms with van der Waals surface area (Å²) in [7, 11) is 0. The van der Waals surface area contributed by atoms with Crippen LogP contribution < -0.4 is 0 Å². The van der Waals surface area contributed by atoms with Crippen molar-refractivity contribution in [3.05, 3.63) is 60.1 Å². The summed E-state index contributed by atoms with van der Waals surface area (Å²) in [5, 5.41) is 2.15. The van der Waals surface area contributed by atoms with Crippen molar-refractivity contribution in [3.63, 3.8) is 0 Å². The first-order valence-corrected chi connectivity index (χ1v) is 8.34. The standard InChI is InChI=1S/C21H20N2O/c1-13(2)10-16-4-5-17-18(19-11-14(3)6-8-22-19)12-15-7-9-24-21(15)20(17)23-16/h4-9,11-13H,10H2,1-3H3. The molecule has 4 rings (SSSR count). The van der Waals surface area contributed by atoms with E-state index in [0.717, 1.165) is 45.2 Å². The number of fused-ring (bicyclic) bond motifs is 3. The van der Waals surface area contributed by atoms with Gasteiger partial charge < -0.3 is 4.42 Å². The summed E-state index contributed by atoms with van der Waals surface area (Å²) in [4.78, 5) is 9.47. The van der Waals surface area contributed by atoms with Crippen LogP contribution in [-0.2, 0) is 6.42 Å². The van der Waals surface area contributed by atoms with E-state index in [1.165, 1.54) is 5.56 Å². The van der Waals surface area contributed by atoms with Gasteiger partial charge in [0, 0.05) is 28.2 Å². The van der Waals surface area contributed by atoms with Crippen LogP contribution >= 0.6 is 0 Å². The van der Waals surface area contributed by atoms with E-state index >= 15 is 0 Å². The molecule has 0 aliphatic heterocycles. The lowest BCUT2D eigenvalue weighted by atomic mass is 10.00. The van der Waals surface area contributed by atoms with Gasteiger partial charge in [-0.15, -0.1) is 0 Å². The van der Waals surface area contributed by atoms with Crippen LogP contribution in [0.1, 0.15) is 25.1 Å². The van der Waals surface area contributed by atoms with Gasteiger partial charge in [-0.1, -0.05) is 19.9 Å². The Balaban J connectivity index is 2.02. The summed E-state index contributed by atoms with van der Waals surface area (Å²) in [6.07, 6.45) is 4.55. The molecule has 3 nitrogen and oxygen atoms in total. The van der Waals surface area contributed by atoms with Gasteiger partial charge in [0.25, 0.3) is 0 Å². The van der Waals surface area contributed by atoms with Crippen molar-refractivity contribution in [2.24, 2.45) is 5.92 Å². The van der Waals surface area contributed by atoms with E-state index in [9.17, 15) is 0 Å². The van der Waals surface area contributed by atoms with Crippen molar-refractivity contribution >= 4 is 21.9 Å². The predicted molar refractivity (Wildman–Crippen MR) is 98.0 cm³/mol. The zero-order chi connectivity index (χ0) is 16.7. The molecule has 0 saturated heterocycles. The van der Waals surface area contributed by atoms with E-state index in [1.54, 1.807) is 6.26 Å². The normalized spacial score (nSPS) is 11.7. The number of furan rings is 1. The van der Waals surface area contributed by atoms with Gasteiger partial charge in [0.1, 0.15) is 5.52 Å². The first kappa shape index (κ1) is 14.9. The maximum atomic E-state index is 5.72. The number of benzene rings is 1. The lowest BCUT2D eigenvalue weighted by molar-refractivity contribution is 0.616. The van der Waals surface area contributed by atoms with Crippen molar-refractivity contribution in [2.75, 3.05) is 0 Å². The van der Waals surface area contributed by atoms with Crippen LogP contribution in [0.3, 0.4) is 0 Å². The van der Waals surface area contributed by atoms with Crippen LogP contribution in [0.4, 0.5) is 0 Å². The molecule has 0 fully saturated rings. The van der Waals surface area contributed by atoms with E-state index in [-0.39, 0.29) is 0 Å². The molecule has 0 aliphatic carbocycles. The van der Waals surface area contributed by atoms with Crippen LogP contribution in [0.15, 0.2) is 53.3 Å². The highest BCUT2D eigenvalue weighted by molar-refractivity contribution is 6.09. The van der Waals surface area contributed by atoms with E-state index in [4.69, 9.17) is 9.40 Å². The second kappa shape index (κ2) is 5.75. The minimum atomic E-state index is 0.573. The molecule has 0 spiro atoms. The zero-order valence-electron chi connectivity index (χ0n) is 14.2. The smallest absolute Gasteiger partial charge is 0.160 e. The van der Waals surface area contributed by atoms with Crippen molar-refractivity contribution in [2.45, 2.75) is 27.2 Å². The first-order valence-electron chi connectivity index (χ1n) is 8.34. The number of rotatable bonds is 3. The lowest BCUT2D eigenvalue weighted by Gasteiger charge is -2.10. The van der Waals surface area contributed by atoms with Gasteiger partial charge in [0.2, 0.25) is 0 Å². The maximum Gasteiger partial charge on any atom is 0.160 e. The number of aromatic nitrogens is 2. The summed E-state index contributed by atoms with van der Waals surface area (Å²) >= 11 is 0. The Morgan fingerprint density at radius 3 is 2.75 bits per heavy atom. The summed E-state index contributed by atoms with van der Waals surface area (Å²) in [5.74, 6) is 0.573. The predicted octanol–water partition coefficient (Wildman–Crippen LogP) is 5.55. The minimum absolute atomic E-state index is 0.573. The number of nitrogens with zero attached hydrogens (tertiary/aromatic N) is 2. The highest BCUT2D eigenvalue weighted by atomic mass is 16.3. The third-order valence-electron chi connectivity index (χ3n) is 4.26. The monoisotopic (exact) mass is 316 g/mol. The van der Waals surface area contributed by atoms with Crippen LogP contribution in [0.5, 0.6) is 0 Å². The Kier molecular flexibility index (Phi) is 3.57. The average molecular weight is 316 g/mol. The quantitative estimate of drug-likeness (QED) is 0.497. The van der Waals surface area contributed by atoms with Crippen LogP contribution in [-0.4, -0.2) is 9.97 Å². The Hall–Kier alpha value is -2.68. The van der Waals surface area contributed by atoms with Gasteiger partial charge in [-0.25, -0.2) is 4.98 Å². The maximum absolute atomic E-state index is 5.72. The average Bonchev–Trinajstić information content (AvgIpc) is 3.02. The fraction of sp³-hybridized carbons (Fsp3) is 0.238.